The molecule has 0 aromatic heterocycles. The van der Waals surface area contributed by atoms with Crippen LogP contribution in [0, 0.1) is 5.92 Å². The lowest BCUT2D eigenvalue weighted by Gasteiger charge is -2.29. The van der Waals surface area contributed by atoms with Crippen molar-refractivity contribution in [2.75, 3.05) is 7.11 Å². The van der Waals surface area contributed by atoms with Crippen molar-refractivity contribution >= 4 is 24.2 Å². The first-order valence-electron chi connectivity index (χ1n) is 13.7. The summed E-state index contributed by atoms with van der Waals surface area (Å²) in [5.74, 6) is -1.71. The van der Waals surface area contributed by atoms with Gasteiger partial charge in [-0.1, -0.05) is 46.6 Å². The molecule has 2 N–H and O–H groups in total. The molecule has 3 unspecified atom stereocenters. The van der Waals surface area contributed by atoms with Crippen LogP contribution in [0.25, 0.3) is 0 Å². The molecule has 11 nitrogen and oxygen atoms in total. The third-order valence-electron chi connectivity index (χ3n) is 5.93. The van der Waals surface area contributed by atoms with E-state index in [1.165, 1.54) is 19.2 Å². The number of methoxy groups -OCH3 is 1. The number of benzene rings is 1. The number of esters is 2. The molecule has 1 aromatic rings. The molecule has 0 bridgehead atoms. The van der Waals surface area contributed by atoms with Crippen LogP contribution in [0.5, 0.6) is 11.5 Å². The Hall–Kier alpha value is -3.34. The molecule has 1 aromatic carbocycles. The summed E-state index contributed by atoms with van der Waals surface area (Å²) in [4.78, 5) is 49.6. The zero-order valence-electron chi connectivity index (χ0n) is 24.9. The van der Waals surface area contributed by atoms with Gasteiger partial charge in [0.2, 0.25) is 0 Å². The van der Waals surface area contributed by atoms with Crippen molar-refractivity contribution in [2.24, 2.45) is 11.7 Å². The molecule has 0 saturated heterocycles. The third-order valence-corrected chi connectivity index (χ3v) is 5.93. The zero-order valence-corrected chi connectivity index (χ0v) is 24.9. The van der Waals surface area contributed by atoms with E-state index in [4.69, 9.17) is 34.2 Å². The number of rotatable bonds is 15. The van der Waals surface area contributed by atoms with E-state index in [-0.39, 0.29) is 36.4 Å². The van der Waals surface area contributed by atoms with Crippen LogP contribution in [0.4, 0.5) is 9.59 Å². The van der Waals surface area contributed by atoms with Gasteiger partial charge in [-0.15, -0.1) is 0 Å². The predicted molar refractivity (Wildman–Crippen MR) is 147 cm³/mol. The normalized spacial score (nSPS) is 14.8. The van der Waals surface area contributed by atoms with Crippen molar-refractivity contribution in [1.82, 2.24) is 0 Å². The number of ether oxygens (including phenoxy) is 6. The second kappa shape index (κ2) is 16.7. The smallest absolute Gasteiger partial charge is 0.468 e. The number of carbonyl (C=O) groups is 4. The second-order valence-electron chi connectivity index (χ2n) is 10.4. The van der Waals surface area contributed by atoms with Gasteiger partial charge in [0.1, 0.15) is 23.9 Å². The van der Waals surface area contributed by atoms with Crippen LogP contribution >= 0.6 is 0 Å². The lowest BCUT2D eigenvalue weighted by atomic mass is 9.86. The summed E-state index contributed by atoms with van der Waals surface area (Å²) in [6.07, 6.45) is -0.609. The first kappa shape index (κ1) is 34.7. The van der Waals surface area contributed by atoms with Crippen molar-refractivity contribution in [2.45, 2.75) is 111 Å². The van der Waals surface area contributed by atoms with Gasteiger partial charge >= 0.3 is 24.2 Å². The Balaban J connectivity index is 3.28. The number of carbonyl (C=O) groups excluding carboxylic acids is 4. The van der Waals surface area contributed by atoms with E-state index >= 15 is 0 Å². The van der Waals surface area contributed by atoms with E-state index in [1.807, 2.05) is 13.8 Å². The van der Waals surface area contributed by atoms with Gasteiger partial charge in [-0.05, 0) is 51.3 Å². The van der Waals surface area contributed by atoms with Gasteiger partial charge in [0, 0.05) is 12.8 Å². The highest BCUT2D eigenvalue weighted by Crippen LogP contribution is 2.32. The molecule has 226 valence electrons. The van der Waals surface area contributed by atoms with Crippen LogP contribution in [-0.2, 0) is 35.0 Å². The highest BCUT2D eigenvalue weighted by Gasteiger charge is 2.38. The fourth-order valence-corrected chi connectivity index (χ4v) is 4.00. The first-order chi connectivity index (χ1) is 18.7. The molecule has 1 rings (SSSR count). The Kier molecular flexibility index (Phi) is 14.5. The molecule has 0 fully saturated rings. The average Bonchev–Trinajstić information content (AvgIpc) is 2.84. The number of hydrogen-bond donors (Lipinski definition) is 1. The van der Waals surface area contributed by atoms with E-state index in [2.05, 4.69) is 0 Å². The third kappa shape index (κ3) is 11.8. The van der Waals surface area contributed by atoms with Gasteiger partial charge < -0.3 is 34.2 Å². The Morgan fingerprint density at radius 3 is 1.80 bits per heavy atom. The van der Waals surface area contributed by atoms with Gasteiger partial charge in [-0.3, -0.25) is 9.59 Å². The average molecular weight is 568 g/mol. The summed E-state index contributed by atoms with van der Waals surface area (Å²) in [6, 6.07) is 4.38. The quantitative estimate of drug-likeness (QED) is 0.163. The van der Waals surface area contributed by atoms with Gasteiger partial charge in [0.25, 0.3) is 0 Å². The van der Waals surface area contributed by atoms with Crippen LogP contribution in [0.1, 0.15) is 86.1 Å². The molecule has 0 aliphatic heterocycles. The predicted octanol–water partition coefficient (Wildman–Crippen LogP) is 5.49. The number of nitrogens with two attached hydrogens (primary N) is 1. The molecular formula is C29H45NO10. The molecule has 0 aliphatic carbocycles. The SMILES string of the molecule is CCCC(C)OC(=O)Oc1ccc(CC(N)(C[C@H](C)OC(=O)C(C)C)C(=O)OC)cc1OC(=O)OC(C)CCC. The molecular weight excluding hydrogens is 522 g/mol. The zero-order chi connectivity index (χ0) is 30.5. The first-order valence-corrected chi connectivity index (χ1v) is 13.7. The highest BCUT2D eigenvalue weighted by atomic mass is 16.7. The standard InChI is InChI=1S/C29H45NO10/c1-9-11-19(5)37-27(33)39-23-14-13-22(15-24(23)40-28(34)38-20(6)12-10-2)17-29(30,26(32)35-8)16-21(7)36-25(31)18(3)4/h13-15,18-21H,9-12,16-17,30H2,1-8H3/t19?,20?,21-,29?/m0/s1. The van der Waals surface area contributed by atoms with Gasteiger partial charge in [-0.25, -0.2) is 9.59 Å². The maximum Gasteiger partial charge on any atom is 0.514 e. The summed E-state index contributed by atoms with van der Waals surface area (Å²) >= 11 is 0. The van der Waals surface area contributed by atoms with Crippen LogP contribution in [0.2, 0.25) is 0 Å². The fraction of sp³-hybridized carbons (Fsp3) is 0.655. The van der Waals surface area contributed by atoms with Crippen molar-refractivity contribution in [1.29, 1.82) is 0 Å². The second-order valence-corrected chi connectivity index (χ2v) is 10.4. The Bertz CT molecular complexity index is 995. The van der Waals surface area contributed by atoms with E-state index in [9.17, 15) is 19.2 Å². The van der Waals surface area contributed by atoms with E-state index in [0.717, 1.165) is 12.8 Å². The van der Waals surface area contributed by atoms with Crippen LogP contribution in [0.15, 0.2) is 18.2 Å². The largest absolute Gasteiger partial charge is 0.514 e. The summed E-state index contributed by atoms with van der Waals surface area (Å²) in [5.41, 5.74) is 5.36. The molecule has 4 atom stereocenters. The Labute approximate surface area is 236 Å². The van der Waals surface area contributed by atoms with Gasteiger partial charge in [0.05, 0.1) is 13.0 Å². The molecule has 40 heavy (non-hydrogen) atoms. The van der Waals surface area contributed by atoms with Gasteiger partial charge in [-0.2, -0.15) is 0 Å². The van der Waals surface area contributed by atoms with E-state index in [1.54, 1.807) is 40.7 Å². The molecule has 0 heterocycles. The highest BCUT2D eigenvalue weighted by molar-refractivity contribution is 5.81. The lowest BCUT2D eigenvalue weighted by Crippen LogP contribution is -2.53. The number of hydrogen-bond acceptors (Lipinski definition) is 11. The topological polar surface area (TPSA) is 150 Å². The minimum Gasteiger partial charge on any atom is -0.468 e. The van der Waals surface area contributed by atoms with Crippen LogP contribution in [-0.4, -0.2) is 55.2 Å². The van der Waals surface area contributed by atoms with Crippen LogP contribution in [0.3, 0.4) is 0 Å². The maximum atomic E-state index is 12.7. The minimum absolute atomic E-state index is 0.0369. The van der Waals surface area contributed by atoms with E-state index in [0.29, 0.717) is 18.4 Å². The lowest BCUT2D eigenvalue weighted by molar-refractivity contribution is -0.157. The molecule has 11 heteroatoms. The monoisotopic (exact) mass is 567 g/mol. The van der Waals surface area contributed by atoms with Crippen LogP contribution < -0.4 is 15.2 Å². The van der Waals surface area contributed by atoms with Crippen molar-refractivity contribution in [3.63, 3.8) is 0 Å². The molecule has 0 radical (unpaired) electrons. The molecule has 0 amide bonds. The summed E-state index contributed by atoms with van der Waals surface area (Å²) < 4.78 is 31.6. The van der Waals surface area contributed by atoms with Gasteiger partial charge in [0.15, 0.2) is 11.5 Å². The van der Waals surface area contributed by atoms with Crippen molar-refractivity contribution in [3.8, 4) is 11.5 Å². The minimum atomic E-state index is -1.59. The molecule has 0 aliphatic rings. The van der Waals surface area contributed by atoms with Crippen molar-refractivity contribution < 1.29 is 47.6 Å². The van der Waals surface area contributed by atoms with Crippen molar-refractivity contribution in [3.05, 3.63) is 23.8 Å². The maximum absolute atomic E-state index is 12.7. The Morgan fingerprint density at radius 1 is 0.800 bits per heavy atom. The summed E-state index contributed by atoms with van der Waals surface area (Å²) in [6.45, 7) is 12.4. The fourth-order valence-electron chi connectivity index (χ4n) is 4.00. The Morgan fingerprint density at radius 2 is 1.32 bits per heavy atom. The molecule has 0 saturated carbocycles. The van der Waals surface area contributed by atoms with E-state index < -0.39 is 42.0 Å². The summed E-state index contributed by atoms with van der Waals surface area (Å²) in [5, 5.41) is 0. The summed E-state index contributed by atoms with van der Waals surface area (Å²) in [7, 11) is 1.21. The molecule has 0 spiro atoms.